The van der Waals surface area contributed by atoms with E-state index in [0.717, 1.165) is 12.1 Å². The van der Waals surface area contributed by atoms with Crippen LogP contribution in [0.1, 0.15) is 19.3 Å². The van der Waals surface area contributed by atoms with Crippen LogP contribution >= 0.6 is 24.0 Å². The number of aliphatic imine (C=N–C) groups is 1. The first-order valence-electron chi connectivity index (χ1n) is 8.72. The number of nitrogens with one attached hydrogen (secondary N) is 1. The Morgan fingerprint density at radius 1 is 1.10 bits per heavy atom. The summed E-state index contributed by atoms with van der Waals surface area (Å²) in [7, 11) is 0. The largest absolute Gasteiger partial charge is 0.573 e. The van der Waals surface area contributed by atoms with Crippen molar-refractivity contribution < 1.29 is 31.1 Å². The molecule has 0 bridgehead atoms. The maximum atomic E-state index is 12.4. The molecule has 0 spiro atoms. The fourth-order valence-corrected chi connectivity index (χ4v) is 2.98. The zero-order valence-electron chi connectivity index (χ0n) is 15.4. The Labute approximate surface area is 181 Å². The molecule has 1 aliphatic heterocycles. The molecular weight excluding hydrogens is 517 g/mol. The van der Waals surface area contributed by atoms with Crippen LogP contribution < -0.4 is 15.8 Å². The van der Waals surface area contributed by atoms with E-state index < -0.39 is 19.1 Å². The average molecular weight is 540 g/mol. The van der Waals surface area contributed by atoms with Crippen LogP contribution in [0.5, 0.6) is 5.75 Å². The zero-order valence-corrected chi connectivity index (χ0v) is 17.7. The molecule has 12 heteroatoms. The number of benzene rings is 1. The second kappa shape index (κ2) is 11.1. The van der Waals surface area contributed by atoms with E-state index in [0.29, 0.717) is 50.5 Å². The third kappa shape index (κ3) is 10.8. The molecule has 0 radical (unpaired) electrons. The molecule has 0 aliphatic carbocycles. The standard InChI is InChI=1S/C17H22F6N4O.HI/c18-16(19,20)11-27-9-6-12(7-10-27)5-8-25-15(24)26-13-1-3-14(4-2-13)28-17(21,22)23;/h1-4,12H,5-11H2,(H3,24,25,26);1H. The van der Waals surface area contributed by atoms with Gasteiger partial charge in [0.2, 0.25) is 0 Å². The van der Waals surface area contributed by atoms with Crippen LogP contribution in [0.25, 0.3) is 0 Å². The van der Waals surface area contributed by atoms with Crippen LogP contribution in [0.2, 0.25) is 0 Å². The van der Waals surface area contributed by atoms with Crippen molar-refractivity contribution in [3.63, 3.8) is 0 Å². The van der Waals surface area contributed by atoms with Gasteiger partial charge in [0.25, 0.3) is 0 Å². The lowest BCUT2D eigenvalue weighted by Gasteiger charge is -2.32. The molecule has 3 N–H and O–H groups in total. The van der Waals surface area contributed by atoms with Crippen molar-refractivity contribution in [1.82, 2.24) is 4.90 Å². The normalized spacial score (nSPS) is 17.0. The summed E-state index contributed by atoms with van der Waals surface area (Å²) in [5.74, 6) is 0.0595. The van der Waals surface area contributed by atoms with Gasteiger partial charge in [-0.2, -0.15) is 13.2 Å². The van der Waals surface area contributed by atoms with E-state index >= 15 is 0 Å². The van der Waals surface area contributed by atoms with E-state index in [9.17, 15) is 26.3 Å². The van der Waals surface area contributed by atoms with Gasteiger partial charge in [-0.15, -0.1) is 37.1 Å². The molecule has 2 rings (SSSR count). The van der Waals surface area contributed by atoms with E-state index in [1.54, 1.807) is 0 Å². The Morgan fingerprint density at radius 2 is 1.69 bits per heavy atom. The Bertz CT molecular complexity index is 643. The molecule has 1 heterocycles. The highest BCUT2D eigenvalue weighted by molar-refractivity contribution is 14.0. The number of piperidine rings is 1. The van der Waals surface area contributed by atoms with Gasteiger partial charge < -0.3 is 15.8 Å². The van der Waals surface area contributed by atoms with Gasteiger partial charge in [0.05, 0.1) is 6.54 Å². The first-order valence-corrected chi connectivity index (χ1v) is 8.72. The average Bonchev–Trinajstić information content (AvgIpc) is 2.56. The Kier molecular flexibility index (Phi) is 9.79. The Morgan fingerprint density at radius 3 is 2.21 bits per heavy atom. The molecule has 166 valence electrons. The van der Waals surface area contributed by atoms with Gasteiger partial charge in [0, 0.05) is 12.2 Å². The molecular formula is C17H23F6IN4O. The van der Waals surface area contributed by atoms with Gasteiger partial charge in [-0.3, -0.25) is 9.89 Å². The van der Waals surface area contributed by atoms with Crippen molar-refractivity contribution in [3.05, 3.63) is 24.3 Å². The number of alkyl halides is 6. The zero-order chi connectivity index (χ0) is 20.8. The van der Waals surface area contributed by atoms with Crippen LogP contribution in [0.4, 0.5) is 32.0 Å². The predicted molar refractivity (Wildman–Crippen MR) is 108 cm³/mol. The molecule has 5 nitrogen and oxygen atoms in total. The number of anilines is 1. The molecule has 29 heavy (non-hydrogen) atoms. The molecule has 0 atom stereocenters. The second-order valence-electron chi connectivity index (χ2n) is 6.59. The van der Waals surface area contributed by atoms with Gasteiger partial charge in [-0.25, -0.2) is 0 Å². The quantitative estimate of drug-likeness (QED) is 0.240. The maximum absolute atomic E-state index is 12.4. The number of guanidine groups is 1. The molecule has 0 aromatic heterocycles. The molecule has 1 fully saturated rings. The Balaban J connectivity index is 0.00000420. The van der Waals surface area contributed by atoms with Gasteiger partial charge in [-0.05, 0) is 62.5 Å². The highest BCUT2D eigenvalue weighted by Gasteiger charge is 2.32. The van der Waals surface area contributed by atoms with Gasteiger partial charge in [-0.1, -0.05) is 0 Å². The maximum Gasteiger partial charge on any atom is 0.573 e. The smallest absolute Gasteiger partial charge is 0.406 e. The van der Waals surface area contributed by atoms with Crippen molar-refractivity contribution in [1.29, 1.82) is 0 Å². The minimum atomic E-state index is -4.75. The third-order valence-electron chi connectivity index (χ3n) is 4.29. The lowest BCUT2D eigenvalue weighted by molar-refractivity contribution is -0.274. The second-order valence-corrected chi connectivity index (χ2v) is 6.59. The first-order chi connectivity index (χ1) is 13.0. The summed E-state index contributed by atoms with van der Waals surface area (Å²) in [6.45, 7) is 0.363. The fourth-order valence-electron chi connectivity index (χ4n) is 2.98. The summed E-state index contributed by atoms with van der Waals surface area (Å²) in [4.78, 5) is 5.56. The summed E-state index contributed by atoms with van der Waals surface area (Å²) in [6.07, 6.45) is -6.85. The molecule has 0 saturated carbocycles. The number of hydrogen-bond donors (Lipinski definition) is 2. The fraction of sp³-hybridized carbons (Fsp3) is 0.588. The van der Waals surface area contributed by atoms with E-state index in [-0.39, 0.29) is 35.7 Å². The number of likely N-dealkylation sites (tertiary alicyclic amines) is 1. The molecule has 1 aliphatic rings. The number of ether oxygens (including phenoxy) is 1. The van der Waals surface area contributed by atoms with E-state index in [4.69, 9.17) is 5.73 Å². The molecule has 0 amide bonds. The molecule has 1 saturated heterocycles. The van der Waals surface area contributed by atoms with Crippen molar-refractivity contribution >= 4 is 35.6 Å². The number of hydrogen-bond acceptors (Lipinski definition) is 3. The molecule has 0 unspecified atom stereocenters. The van der Waals surface area contributed by atoms with Crippen LogP contribution in [-0.2, 0) is 0 Å². The third-order valence-corrected chi connectivity index (χ3v) is 4.29. The van der Waals surface area contributed by atoms with Crippen LogP contribution in [-0.4, -0.2) is 49.6 Å². The van der Waals surface area contributed by atoms with E-state index in [1.807, 2.05) is 0 Å². The highest BCUT2D eigenvalue weighted by Crippen LogP contribution is 2.25. The number of nitrogens with two attached hydrogens (primary N) is 1. The van der Waals surface area contributed by atoms with Gasteiger partial charge >= 0.3 is 12.5 Å². The molecule has 1 aromatic rings. The lowest BCUT2D eigenvalue weighted by Crippen LogP contribution is -2.40. The topological polar surface area (TPSA) is 62.9 Å². The van der Waals surface area contributed by atoms with E-state index in [1.165, 1.54) is 17.0 Å². The summed E-state index contributed by atoms with van der Waals surface area (Å²) < 4.78 is 77.2. The Hall–Kier alpha value is -1.44. The predicted octanol–water partition coefficient (Wildman–Crippen LogP) is 4.59. The van der Waals surface area contributed by atoms with Crippen molar-refractivity contribution in [2.75, 3.05) is 31.5 Å². The SMILES string of the molecule is I.NC(=NCCC1CCN(CC(F)(F)F)CC1)Nc1ccc(OC(F)(F)F)cc1. The number of halogens is 7. The minimum absolute atomic E-state index is 0. The monoisotopic (exact) mass is 540 g/mol. The van der Waals surface area contributed by atoms with Crippen LogP contribution in [0.15, 0.2) is 29.3 Å². The summed E-state index contributed by atoms with van der Waals surface area (Å²) in [6, 6.07) is 5.05. The van der Waals surface area contributed by atoms with Crippen LogP contribution in [0.3, 0.4) is 0 Å². The number of rotatable bonds is 6. The van der Waals surface area contributed by atoms with Crippen LogP contribution in [0, 0.1) is 5.92 Å². The highest BCUT2D eigenvalue weighted by atomic mass is 127. The molecule has 1 aromatic carbocycles. The summed E-state index contributed by atoms with van der Waals surface area (Å²) >= 11 is 0. The van der Waals surface area contributed by atoms with Gasteiger partial charge in [0.1, 0.15) is 5.75 Å². The van der Waals surface area contributed by atoms with Gasteiger partial charge in [0.15, 0.2) is 5.96 Å². The summed E-state index contributed by atoms with van der Waals surface area (Å²) in [5, 5.41) is 2.76. The van der Waals surface area contributed by atoms with Crippen molar-refractivity contribution in [2.24, 2.45) is 16.6 Å². The van der Waals surface area contributed by atoms with E-state index in [2.05, 4.69) is 15.0 Å². The lowest BCUT2D eigenvalue weighted by atomic mass is 9.93. The minimum Gasteiger partial charge on any atom is -0.406 e. The summed E-state index contributed by atoms with van der Waals surface area (Å²) in [5.41, 5.74) is 6.20. The first kappa shape index (κ1) is 25.6. The van der Waals surface area contributed by atoms with Crippen molar-refractivity contribution in [3.8, 4) is 5.75 Å². The number of nitrogens with zero attached hydrogens (tertiary/aromatic N) is 2. The van der Waals surface area contributed by atoms with Crippen molar-refractivity contribution in [2.45, 2.75) is 31.8 Å².